The zero-order valence-electron chi connectivity index (χ0n) is 16.3. The number of ether oxygens (including phenoxy) is 3. The van der Waals surface area contributed by atoms with Crippen molar-refractivity contribution in [3.8, 4) is 17.2 Å². The van der Waals surface area contributed by atoms with Crippen molar-refractivity contribution in [2.24, 2.45) is 5.10 Å². The molecule has 8 nitrogen and oxygen atoms in total. The smallest absolute Gasteiger partial charge is 0.329 e. The molecule has 29 heavy (non-hydrogen) atoms. The average molecular weight is 420 g/mol. The highest BCUT2D eigenvalue weighted by Crippen LogP contribution is 2.35. The molecule has 0 bridgehead atoms. The molecular formula is C20H22ClN3O5. The van der Waals surface area contributed by atoms with E-state index in [2.05, 4.69) is 15.8 Å². The topological polar surface area (TPSA) is 98.2 Å². The molecule has 154 valence electrons. The summed E-state index contributed by atoms with van der Waals surface area (Å²) in [6, 6.07) is 9.92. The van der Waals surface area contributed by atoms with Crippen LogP contribution in [0.3, 0.4) is 0 Å². The molecule has 2 N–H and O–H groups in total. The number of nitrogens with zero attached hydrogens (tertiary/aromatic N) is 1. The molecule has 0 aliphatic carbocycles. The predicted molar refractivity (Wildman–Crippen MR) is 111 cm³/mol. The molecule has 0 aliphatic heterocycles. The summed E-state index contributed by atoms with van der Waals surface area (Å²) in [4.78, 5) is 23.9. The summed E-state index contributed by atoms with van der Waals surface area (Å²) in [5.74, 6) is -0.279. The minimum atomic E-state index is -0.917. The number of nitrogens with one attached hydrogen (secondary N) is 2. The molecule has 0 saturated carbocycles. The molecule has 0 heterocycles. The fourth-order valence-electron chi connectivity index (χ4n) is 2.27. The highest BCUT2D eigenvalue weighted by Gasteiger charge is 2.13. The molecule has 0 aromatic heterocycles. The molecule has 0 saturated heterocycles. The second kappa shape index (κ2) is 10.9. The van der Waals surface area contributed by atoms with Gasteiger partial charge in [-0.05, 0) is 48.4 Å². The van der Waals surface area contributed by atoms with Gasteiger partial charge in [0.2, 0.25) is 0 Å². The van der Waals surface area contributed by atoms with Crippen molar-refractivity contribution in [2.45, 2.75) is 13.3 Å². The van der Waals surface area contributed by atoms with E-state index in [0.29, 0.717) is 40.1 Å². The first-order chi connectivity index (χ1) is 14.0. The number of methoxy groups -OCH3 is 2. The highest BCUT2D eigenvalue weighted by atomic mass is 35.5. The lowest BCUT2D eigenvalue weighted by Gasteiger charge is -2.10. The van der Waals surface area contributed by atoms with Crippen molar-refractivity contribution < 1.29 is 23.8 Å². The number of hydrazone groups is 1. The maximum absolute atomic E-state index is 12.0. The third-order valence-electron chi connectivity index (χ3n) is 3.63. The quantitative estimate of drug-likeness (QED) is 0.389. The molecule has 0 atom stereocenters. The second-order valence-corrected chi connectivity index (χ2v) is 6.17. The van der Waals surface area contributed by atoms with Crippen molar-refractivity contribution in [3.63, 3.8) is 0 Å². The predicted octanol–water partition coefficient (Wildman–Crippen LogP) is 3.23. The van der Waals surface area contributed by atoms with Gasteiger partial charge in [-0.1, -0.05) is 18.5 Å². The third kappa shape index (κ3) is 6.39. The van der Waals surface area contributed by atoms with E-state index in [1.165, 1.54) is 20.4 Å². The SMILES string of the molecule is CCCOc1ccc(NC(=O)C(=O)N/N=C\c2cc(Cl)c(OC)c(OC)c2)cc1. The molecule has 2 rings (SSSR count). The van der Waals surface area contributed by atoms with Crippen LogP contribution in [0.15, 0.2) is 41.5 Å². The summed E-state index contributed by atoms with van der Waals surface area (Å²) in [6.45, 7) is 2.62. The van der Waals surface area contributed by atoms with Crippen LogP contribution in [0, 0.1) is 0 Å². The van der Waals surface area contributed by atoms with E-state index in [1.54, 1.807) is 36.4 Å². The van der Waals surface area contributed by atoms with Crippen LogP contribution in [0.25, 0.3) is 0 Å². The summed E-state index contributed by atoms with van der Waals surface area (Å²) in [5.41, 5.74) is 3.17. The van der Waals surface area contributed by atoms with Crippen LogP contribution in [0.5, 0.6) is 17.2 Å². The number of hydrogen-bond donors (Lipinski definition) is 2. The van der Waals surface area contributed by atoms with Crippen LogP contribution < -0.4 is 25.0 Å². The van der Waals surface area contributed by atoms with Gasteiger partial charge in [0.05, 0.1) is 32.1 Å². The van der Waals surface area contributed by atoms with Gasteiger partial charge in [0.1, 0.15) is 5.75 Å². The van der Waals surface area contributed by atoms with Crippen molar-refractivity contribution in [2.75, 3.05) is 26.1 Å². The number of rotatable bonds is 8. The van der Waals surface area contributed by atoms with E-state index in [0.717, 1.165) is 6.42 Å². The molecule has 2 aromatic carbocycles. The largest absolute Gasteiger partial charge is 0.494 e. The summed E-state index contributed by atoms with van der Waals surface area (Å²) in [7, 11) is 2.95. The van der Waals surface area contributed by atoms with Crippen LogP contribution in [0.2, 0.25) is 5.02 Å². The maximum Gasteiger partial charge on any atom is 0.329 e. The van der Waals surface area contributed by atoms with Crippen LogP contribution >= 0.6 is 11.6 Å². The van der Waals surface area contributed by atoms with Gasteiger partial charge in [0.15, 0.2) is 11.5 Å². The van der Waals surface area contributed by atoms with Gasteiger partial charge in [-0.3, -0.25) is 9.59 Å². The summed E-state index contributed by atoms with van der Waals surface area (Å²) < 4.78 is 15.8. The Kier molecular flexibility index (Phi) is 8.29. The maximum atomic E-state index is 12.0. The molecule has 0 unspecified atom stereocenters. The van der Waals surface area contributed by atoms with E-state index >= 15 is 0 Å². The van der Waals surface area contributed by atoms with Gasteiger partial charge in [0.25, 0.3) is 0 Å². The van der Waals surface area contributed by atoms with Crippen LogP contribution in [-0.2, 0) is 9.59 Å². The normalized spacial score (nSPS) is 10.5. The van der Waals surface area contributed by atoms with Gasteiger partial charge in [-0.2, -0.15) is 5.10 Å². The Morgan fingerprint density at radius 2 is 1.83 bits per heavy atom. The Morgan fingerprint density at radius 1 is 1.10 bits per heavy atom. The number of carbonyl (C=O) groups is 2. The number of anilines is 1. The second-order valence-electron chi connectivity index (χ2n) is 5.76. The number of benzene rings is 2. The molecule has 2 aromatic rings. The van der Waals surface area contributed by atoms with Crippen molar-refractivity contribution >= 4 is 35.3 Å². The first-order valence-electron chi connectivity index (χ1n) is 8.77. The van der Waals surface area contributed by atoms with Crippen LogP contribution in [0.1, 0.15) is 18.9 Å². The fraction of sp³-hybridized carbons (Fsp3) is 0.250. The number of hydrogen-bond acceptors (Lipinski definition) is 6. The Bertz CT molecular complexity index is 884. The summed E-state index contributed by atoms with van der Waals surface area (Å²) >= 11 is 6.11. The van der Waals surface area contributed by atoms with E-state index < -0.39 is 11.8 Å². The average Bonchev–Trinajstić information content (AvgIpc) is 2.72. The molecule has 0 aliphatic rings. The van der Waals surface area contributed by atoms with Crippen molar-refractivity contribution in [1.82, 2.24) is 5.43 Å². The monoisotopic (exact) mass is 419 g/mol. The molecule has 2 amide bonds. The molecular weight excluding hydrogens is 398 g/mol. The van der Waals surface area contributed by atoms with Gasteiger partial charge < -0.3 is 19.5 Å². The Labute approximate surface area is 173 Å². The standard InChI is InChI=1S/C20H22ClN3O5/c1-4-9-29-15-7-5-14(6-8-15)23-19(25)20(26)24-22-12-13-10-16(21)18(28-3)17(11-13)27-2/h5-8,10-12H,4,9H2,1-3H3,(H,23,25)(H,24,26)/b22-12-. The molecule has 0 spiro atoms. The van der Waals surface area contributed by atoms with Gasteiger partial charge in [0, 0.05) is 5.69 Å². The van der Waals surface area contributed by atoms with Crippen LogP contribution in [-0.4, -0.2) is 38.9 Å². The fourth-order valence-corrected chi connectivity index (χ4v) is 2.57. The molecule has 0 radical (unpaired) electrons. The number of carbonyl (C=O) groups excluding carboxylic acids is 2. The van der Waals surface area contributed by atoms with E-state index in [4.69, 9.17) is 25.8 Å². The minimum Gasteiger partial charge on any atom is -0.494 e. The highest BCUT2D eigenvalue weighted by molar-refractivity contribution is 6.39. The summed E-state index contributed by atoms with van der Waals surface area (Å²) in [5, 5.41) is 6.56. The lowest BCUT2D eigenvalue weighted by atomic mass is 10.2. The van der Waals surface area contributed by atoms with Gasteiger partial charge in [-0.25, -0.2) is 5.43 Å². The molecule has 0 fully saturated rings. The Balaban J connectivity index is 1.93. The number of halogens is 1. The van der Waals surface area contributed by atoms with E-state index in [1.807, 2.05) is 6.92 Å². The minimum absolute atomic E-state index is 0.323. The van der Waals surface area contributed by atoms with E-state index in [9.17, 15) is 9.59 Å². The Hall–Kier alpha value is -3.26. The third-order valence-corrected chi connectivity index (χ3v) is 3.91. The number of amides is 2. The van der Waals surface area contributed by atoms with E-state index in [-0.39, 0.29) is 0 Å². The van der Waals surface area contributed by atoms with Gasteiger partial charge in [-0.15, -0.1) is 0 Å². The Morgan fingerprint density at radius 3 is 2.45 bits per heavy atom. The van der Waals surface area contributed by atoms with Crippen molar-refractivity contribution in [3.05, 3.63) is 47.0 Å². The lowest BCUT2D eigenvalue weighted by molar-refractivity contribution is -0.136. The van der Waals surface area contributed by atoms with Gasteiger partial charge >= 0.3 is 11.8 Å². The van der Waals surface area contributed by atoms with Crippen LogP contribution in [0.4, 0.5) is 5.69 Å². The first kappa shape index (κ1) is 22.0. The zero-order chi connectivity index (χ0) is 21.2. The van der Waals surface area contributed by atoms with Crippen molar-refractivity contribution in [1.29, 1.82) is 0 Å². The molecule has 9 heteroatoms. The summed E-state index contributed by atoms with van der Waals surface area (Å²) in [6.07, 6.45) is 2.23. The lowest BCUT2D eigenvalue weighted by Crippen LogP contribution is -2.32. The zero-order valence-corrected chi connectivity index (χ0v) is 17.1. The first-order valence-corrected chi connectivity index (χ1v) is 9.15.